The normalized spacial score (nSPS) is 11.0. The highest BCUT2D eigenvalue weighted by atomic mass is 35.5. The molecule has 0 aliphatic heterocycles. The minimum absolute atomic E-state index is 0.591. The molecule has 1 aromatic heterocycles. The second-order valence-electron chi connectivity index (χ2n) is 3.76. The zero-order chi connectivity index (χ0) is 11.5. The highest BCUT2D eigenvalue weighted by Crippen LogP contribution is 2.18. The van der Waals surface area contributed by atoms with E-state index >= 15 is 0 Å². The van der Waals surface area contributed by atoms with Crippen LogP contribution >= 0.6 is 11.6 Å². The molecule has 1 heterocycles. The van der Waals surface area contributed by atoms with Crippen molar-refractivity contribution in [3.05, 3.63) is 35.2 Å². The summed E-state index contributed by atoms with van der Waals surface area (Å²) in [6, 6.07) is 7.34. The Kier molecular flexibility index (Phi) is 3.22. The summed E-state index contributed by atoms with van der Waals surface area (Å²) >= 11 is 5.80. The first kappa shape index (κ1) is 11.1. The van der Waals surface area contributed by atoms with Gasteiger partial charge in [0, 0.05) is 10.6 Å². The van der Waals surface area contributed by atoms with Gasteiger partial charge < -0.3 is 9.42 Å². The Bertz CT molecular complexity index is 464. The van der Waals surface area contributed by atoms with E-state index in [1.807, 2.05) is 31.1 Å². The van der Waals surface area contributed by atoms with Crippen molar-refractivity contribution in [2.45, 2.75) is 6.54 Å². The lowest BCUT2D eigenvalue weighted by atomic mass is 10.2. The molecule has 5 heteroatoms. The lowest BCUT2D eigenvalue weighted by Crippen LogP contribution is -2.10. The average molecular weight is 238 g/mol. The highest BCUT2D eigenvalue weighted by Gasteiger charge is 2.08. The Morgan fingerprint density at radius 3 is 2.56 bits per heavy atom. The van der Waals surface area contributed by atoms with Crippen molar-refractivity contribution >= 4 is 11.6 Å². The van der Waals surface area contributed by atoms with Crippen LogP contribution in [0.1, 0.15) is 5.89 Å². The molecule has 0 fully saturated rings. The summed E-state index contributed by atoms with van der Waals surface area (Å²) in [5.74, 6) is 1.20. The van der Waals surface area contributed by atoms with Gasteiger partial charge in [-0.1, -0.05) is 16.8 Å². The Hall–Kier alpha value is -1.39. The monoisotopic (exact) mass is 237 g/mol. The van der Waals surface area contributed by atoms with E-state index in [-0.39, 0.29) is 0 Å². The van der Waals surface area contributed by atoms with Crippen LogP contribution in [-0.2, 0) is 6.54 Å². The number of hydrogen-bond donors (Lipinski definition) is 0. The molecule has 0 amide bonds. The third kappa shape index (κ3) is 2.59. The van der Waals surface area contributed by atoms with Gasteiger partial charge in [-0.05, 0) is 38.4 Å². The van der Waals surface area contributed by atoms with E-state index < -0.39 is 0 Å². The maximum absolute atomic E-state index is 5.80. The molecule has 16 heavy (non-hydrogen) atoms. The fraction of sp³-hybridized carbons (Fsp3) is 0.273. The van der Waals surface area contributed by atoms with E-state index in [2.05, 4.69) is 10.1 Å². The Morgan fingerprint density at radius 1 is 1.25 bits per heavy atom. The van der Waals surface area contributed by atoms with Crippen LogP contribution in [-0.4, -0.2) is 29.1 Å². The van der Waals surface area contributed by atoms with E-state index in [1.54, 1.807) is 12.1 Å². The summed E-state index contributed by atoms with van der Waals surface area (Å²) in [5.41, 5.74) is 0.901. The Labute approximate surface area is 98.8 Å². The number of aromatic nitrogens is 2. The zero-order valence-electron chi connectivity index (χ0n) is 9.14. The van der Waals surface area contributed by atoms with Gasteiger partial charge in [0.2, 0.25) is 11.7 Å². The summed E-state index contributed by atoms with van der Waals surface area (Å²) in [7, 11) is 3.90. The van der Waals surface area contributed by atoms with Crippen LogP contribution < -0.4 is 0 Å². The molecule has 4 nitrogen and oxygen atoms in total. The van der Waals surface area contributed by atoms with Crippen molar-refractivity contribution in [2.24, 2.45) is 0 Å². The summed E-state index contributed by atoms with van der Waals surface area (Å²) in [5, 5.41) is 4.61. The van der Waals surface area contributed by atoms with Crippen LogP contribution in [0.25, 0.3) is 11.4 Å². The molecular formula is C11H12ClN3O. The molecule has 1 aromatic carbocycles. The first-order chi connectivity index (χ1) is 7.65. The van der Waals surface area contributed by atoms with E-state index in [0.717, 1.165) is 5.56 Å². The van der Waals surface area contributed by atoms with Crippen molar-refractivity contribution in [2.75, 3.05) is 14.1 Å². The smallest absolute Gasteiger partial charge is 0.241 e. The number of rotatable bonds is 3. The van der Waals surface area contributed by atoms with Gasteiger partial charge in [0.15, 0.2) is 0 Å². The average Bonchev–Trinajstić information content (AvgIpc) is 2.66. The van der Waals surface area contributed by atoms with Gasteiger partial charge in [-0.25, -0.2) is 0 Å². The number of hydrogen-bond acceptors (Lipinski definition) is 4. The molecule has 0 spiro atoms. The van der Waals surface area contributed by atoms with Gasteiger partial charge in [-0.2, -0.15) is 4.98 Å². The van der Waals surface area contributed by atoms with Gasteiger partial charge >= 0.3 is 0 Å². The molecule has 0 atom stereocenters. The molecule has 0 aliphatic carbocycles. The molecule has 2 aromatic rings. The van der Waals surface area contributed by atoms with E-state index in [1.165, 1.54) is 0 Å². The van der Waals surface area contributed by atoms with Crippen molar-refractivity contribution in [3.8, 4) is 11.4 Å². The summed E-state index contributed by atoms with van der Waals surface area (Å²) in [6.45, 7) is 0.639. The lowest BCUT2D eigenvalue weighted by molar-refractivity contribution is 0.303. The van der Waals surface area contributed by atoms with E-state index in [4.69, 9.17) is 16.1 Å². The molecular weight excluding hydrogens is 226 g/mol. The minimum atomic E-state index is 0.591. The molecule has 0 aliphatic rings. The largest absolute Gasteiger partial charge is 0.338 e. The molecule has 2 rings (SSSR count). The predicted molar refractivity (Wildman–Crippen MR) is 62.1 cm³/mol. The Morgan fingerprint density at radius 2 is 1.94 bits per heavy atom. The van der Waals surface area contributed by atoms with Crippen LogP contribution in [0, 0.1) is 0 Å². The van der Waals surface area contributed by atoms with Crippen molar-refractivity contribution in [1.29, 1.82) is 0 Å². The molecule has 0 saturated heterocycles. The van der Waals surface area contributed by atoms with Crippen LogP contribution in [0.3, 0.4) is 0 Å². The van der Waals surface area contributed by atoms with Gasteiger partial charge in [-0.15, -0.1) is 0 Å². The molecule has 0 saturated carbocycles. The van der Waals surface area contributed by atoms with Crippen LogP contribution in [0.5, 0.6) is 0 Å². The second kappa shape index (κ2) is 4.63. The van der Waals surface area contributed by atoms with E-state index in [0.29, 0.717) is 23.3 Å². The van der Waals surface area contributed by atoms with Crippen molar-refractivity contribution in [1.82, 2.24) is 15.0 Å². The third-order valence-electron chi connectivity index (χ3n) is 2.02. The lowest BCUT2D eigenvalue weighted by Gasteiger charge is -2.02. The standard InChI is InChI=1S/C11H12ClN3O/c1-15(2)7-10-13-11(14-16-10)8-3-5-9(12)6-4-8/h3-6H,7H2,1-2H3. The van der Waals surface area contributed by atoms with Crippen LogP contribution in [0.2, 0.25) is 5.02 Å². The fourth-order valence-corrected chi connectivity index (χ4v) is 1.43. The summed E-state index contributed by atoms with van der Waals surface area (Å²) in [6.07, 6.45) is 0. The second-order valence-corrected chi connectivity index (χ2v) is 4.19. The molecule has 84 valence electrons. The highest BCUT2D eigenvalue weighted by molar-refractivity contribution is 6.30. The SMILES string of the molecule is CN(C)Cc1nc(-c2ccc(Cl)cc2)no1. The molecule has 0 N–H and O–H groups in total. The van der Waals surface area contributed by atoms with Gasteiger partial charge in [0.05, 0.1) is 6.54 Å². The maximum Gasteiger partial charge on any atom is 0.241 e. The molecule has 0 unspecified atom stereocenters. The first-order valence-corrected chi connectivity index (χ1v) is 5.26. The molecule has 0 bridgehead atoms. The fourth-order valence-electron chi connectivity index (χ4n) is 1.31. The maximum atomic E-state index is 5.80. The van der Waals surface area contributed by atoms with Crippen molar-refractivity contribution < 1.29 is 4.52 Å². The topological polar surface area (TPSA) is 42.2 Å². The number of benzene rings is 1. The van der Waals surface area contributed by atoms with Gasteiger partial charge in [-0.3, -0.25) is 0 Å². The Balaban J connectivity index is 2.21. The third-order valence-corrected chi connectivity index (χ3v) is 2.27. The number of nitrogens with zero attached hydrogens (tertiary/aromatic N) is 3. The van der Waals surface area contributed by atoms with Crippen molar-refractivity contribution in [3.63, 3.8) is 0 Å². The summed E-state index contributed by atoms with van der Waals surface area (Å²) < 4.78 is 5.12. The predicted octanol–water partition coefficient (Wildman–Crippen LogP) is 2.45. The molecule has 0 radical (unpaired) electrons. The van der Waals surface area contributed by atoms with Gasteiger partial charge in [0.25, 0.3) is 0 Å². The first-order valence-electron chi connectivity index (χ1n) is 4.88. The van der Waals surface area contributed by atoms with Gasteiger partial charge in [0.1, 0.15) is 0 Å². The minimum Gasteiger partial charge on any atom is -0.338 e. The quantitative estimate of drug-likeness (QED) is 0.823. The summed E-state index contributed by atoms with van der Waals surface area (Å²) in [4.78, 5) is 6.26. The van der Waals surface area contributed by atoms with Crippen LogP contribution in [0.15, 0.2) is 28.8 Å². The zero-order valence-corrected chi connectivity index (χ0v) is 9.90. The number of halogens is 1. The van der Waals surface area contributed by atoms with Crippen LogP contribution in [0.4, 0.5) is 0 Å². The van der Waals surface area contributed by atoms with E-state index in [9.17, 15) is 0 Å².